The molecule has 0 aliphatic heterocycles. The van der Waals surface area contributed by atoms with Gasteiger partial charge in [0.05, 0.1) is 12.5 Å². The Balaban J connectivity index is 2.84. The number of anilines is 2. The molecule has 0 aromatic carbocycles. The third kappa shape index (κ3) is 3.09. The van der Waals surface area contributed by atoms with Crippen molar-refractivity contribution in [3.63, 3.8) is 0 Å². The van der Waals surface area contributed by atoms with Crippen LogP contribution in [0.5, 0.6) is 0 Å². The molecule has 1 rings (SSSR count). The Kier molecular flexibility index (Phi) is 4.52. The minimum Gasteiger partial charge on any atom is -0.358 e. The Bertz CT molecular complexity index is 382. The predicted molar refractivity (Wildman–Crippen MR) is 64.4 cm³/mol. The molecule has 1 heterocycles. The van der Waals surface area contributed by atoms with Crippen LogP contribution in [0, 0.1) is 18.3 Å². The monoisotopic (exact) mass is 219 g/mol. The zero-order valence-electron chi connectivity index (χ0n) is 9.99. The van der Waals surface area contributed by atoms with Gasteiger partial charge < -0.3 is 10.2 Å². The smallest absolute Gasteiger partial charge is 0.224 e. The number of nitrogens with one attached hydrogen (secondary N) is 1. The molecule has 5 nitrogen and oxygen atoms in total. The van der Waals surface area contributed by atoms with Crippen LogP contribution in [0.25, 0.3) is 0 Å². The predicted octanol–water partition coefficient (Wildman–Crippen LogP) is 1.57. The van der Waals surface area contributed by atoms with Crippen molar-refractivity contribution >= 4 is 11.8 Å². The van der Waals surface area contributed by atoms with E-state index in [9.17, 15) is 0 Å². The van der Waals surface area contributed by atoms with Crippen molar-refractivity contribution in [1.82, 2.24) is 9.97 Å². The van der Waals surface area contributed by atoms with Crippen LogP contribution in [-0.4, -0.2) is 30.1 Å². The van der Waals surface area contributed by atoms with Crippen LogP contribution < -0.4 is 10.2 Å². The lowest BCUT2D eigenvalue weighted by Crippen LogP contribution is -2.21. The first-order chi connectivity index (χ1) is 7.69. The molecule has 0 spiro atoms. The largest absolute Gasteiger partial charge is 0.358 e. The second kappa shape index (κ2) is 5.91. The van der Waals surface area contributed by atoms with Crippen molar-refractivity contribution in [2.24, 2.45) is 0 Å². The van der Waals surface area contributed by atoms with Gasteiger partial charge in [-0.1, -0.05) is 0 Å². The number of rotatable bonds is 5. The van der Waals surface area contributed by atoms with Gasteiger partial charge in [-0.15, -0.1) is 0 Å². The Labute approximate surface area is 96.1 Å². The lowest BCUT2D eigenvalue weighted by atomic mass is 10.3. The first-order valence-corrected chi connectivity index (χ1v) is 5.34. The number of hydrogen-bond acceptors (Lipinski definition) is 5. The molecule has 5 heteroatoms. The molecule has 86 valence electrons. The fraction of sp³-hybridized carbons (Fsp3) is 0.545. The first kappa shape index (κ1) is 12.2. The molecule has 0 atom stereocenters. The standard InChI is InChI=1S/C11H17N5/c1-4-13-11-14-8-9(2)10(15-11)16(3)7-5-6-12/h8H,4-5,7H2,1-3H3,(H,13,14,15). The second-order valence-corrected chi connectivity index (χ2v) is 3.56. The zero-order valence-corrected chi connectivity index (χ0v) is 9.99. The summed E-state index contributed by atoms with van der Waals surface area (Å²) in [4.78, 5) is 10.6. The van der Waals surface area contributed by atoms with Gasteiger partial charge in [-0.3, -0.25) is 0 Å². The summed E-state index contributed by atoms with van der Waals surface area (Å²) in [5, 5.41) is 11.6. The topological polar surface area (TPSA) is 64.8 Å². The maximum absolute atomic E-state index is 8.55. The molecule has 0 saturated carbocycles. The fourth-order valence-electron chi connectivity index (χ4n) is 1.39. The molecule has 0 saturated heterocycles. The Morgan fingerprint density at radius 2 is 2.31 bits per heavy atom. The lowest BCUT2D eigenvalue weighted by Gasteiger charge is -2.19. The van der Waals surface area contributed by atoms with Gasteiger partial charge in [0.2, 0.25) is 5.95 Å². The average Bonchev–Trinajstić information content (AvgIpc) is 2.29. The minimum absolute atomic E-state index is 0.497. The van der Waals surface area contributed by atoms with Gasteiger partial charge in [-0.05, 0) is 13.8 Å². The van der Waals surface area contributed by atoms with E-state index in [0.717, 1.165) is 17.9 Å². The van der Waals surface area contributed by atoms with Crippen molar-refractivity contribution < 1.29 is 0 Å². The van der Waals surface area contributed by atoms with E-state index in [0.29, 0.717) is 18.9 Å². The number of nitrogens with zero attached hydrogens (tertiary/aromatic N) is 4. The van der Waals surface area contributed by atoms with Gasteiger partial charge in [0, 0.05) is 31.9 Å². The number of aryl methyl sites for hydroxylation is 1. The van der Waals surface area contributed by atoms with E-state index in [1.807, 2.05) is 25.8 Å². The molecule has 0 fully saturated rings. The van der Waals surface area contributed by atoms with Gasteiger partial charge in [-0.2, -0.15) is 10.2 Å². The quantitative estimate of drug-likeness (QED) is 0.814. The van der Waals surface area contributed by atoms with E-state index in [-0.39, 0.29) is 0 Å². The maximum Gasteiger partial charge on any atom is 0.224 e. The highest BCUT2D eigenvalue weighted by Crippen LogP contribution is 2.16. The van der Waals surface area contributed by atoms with E-state index >= 15 is 0 Å². The van der Waals surface area contributed by atoms with E-state index in [2.05, 4.69) is 21.4 Å². The van der Waals surface area contributed by atoms with Crippen molar-refractivity contribution in [3.05, 3.63) is 11.8 Å². The zero-order chi connectivity index (χ0) is 12.0. The molecule has 0 aliphatic carbocycles. The van der Waals surface area contributed by atoms with E-state index < -0.39 is 0 Å². The Hall–Kier alpha value is -1.83. The molecule has 0 radical (unpaired) electrons. The summed E-state index contributed by atoms with van der Waals surface area (Å²) >= 11 is 0. The third-order valence-corrected chi connectivity index (χ3v) is 2.20. The van der Waals surface area contributed by atoms with Crippen molar-refractivity contribution in [3.8, 4) is 6.07 Å². The molecule has 0 unspecified atom stereocenters. The third-order valence-electron chi connectivity index (χ3n) is 2.20. The van der Waals surface area contributed by atoms with Gasteiger partial charge in [-0.25, -0.2) is 4.98 Å². The van der Waals surface area contributed by atoms with Gasteiger partial charge in [0.15, 0.2) is 0 Å². The number of hydrogen-bond donors (Lipinski definition) is 1. The molecule has 0 amide bonds. The van der Waals surface area contributed by atoms with Crippen LogP contribution in [0.4, 0.5) is 11.8 Å². The molecule has 1 aromatic rings. The highest BCUT2D eigenvalue weighted by atomic mass is 15.2. The van der Waals surface area contributed by atoms with E-state index in [1.54, 1.807) is 6.20 Å². The highest BCUT2D eigenvalue weighted by molar-refractivity contribution is 5.48. The van der Waals surface area contributed by atoms with Crippen molar-refractivity contribution in [2.45, 2.75) is 20.3 Å². The van der Waals surface area contributed by atoms with Crippen LogP contribution in [0.15, 0.2) is 6.20 Å². The van der Waals surface area contributed by atoms with Crippen molar-refractivity contribution in [1.29, 1.82) is 5.26 Å². The van der Waals surface area contributed by atoms with Crippen LogP contribution in [0.3, 0.4) is 0 Å². The Morgan fingerprint density at radius 1 is 1.56 bits per heavy atom. The van der Waals surface area contributed by atoms with E-state index in [1.165, 1.54) is 0 Å². The fourth-order valence-corrected chi connectivity index (χ4v) is 1.39. The minimum atomic E-state index is 0.497. The summed E-state index contributed by atoms with van der Waals surface area (Å²) in [5.41, 5.74) is 1.02. The molecule has 1 N–H and O–H groups in total. The summed E-state index contributed by atoms with van der Waals surface area (Å²) in [6.07, 6.45) is 2.29. The normalized spacial score (nSPS) is 9.62. The molecule has 0 bridgehead atoms. The van der Waals surface area contributed by atoms with Crippen LogP contribution >= 0.6 is 0 Å². The van der Waals surface area contributed by atoms with Crippen LogP contribution in [0.2, 0.25) is 0 Å². The molecule has 1 aromatic heterocycles. The van der Waals surface area contributed by atoms with Gasteiger partial charge >= 0.3 is 0 Å². The number of aromatic nitrogens is 2. The number of nitriles is 1. The summed E-state index contributed by atoms with van der Waals surface area (Å²) in [6, 6.07) is 2.13. The summed E-state index contributed by atoms with van der Waals surface area (Å²) in [6.45, 7) is 5.44. The average molecular weight is 219 g/mol. The SMILES string of the molecule is CCNc1ncc(C)c(N(C)CCC#N)n1. The summed E-state index contributed by atoms with van der Waals surface area (Å²) in [5.74, 6) is 1.51. The van der Waals surface area contributed by atoms with Crippen LogP contribution in [-0.2, 0) is 0 Å². The lowest BCUT2D eigenvalue weighted by molar-refractivity contribution is 0.871. The molecule has 0 aliphatic rings. The summed E-state index contributed by atoms with van der Waals surface area (Å²) < 4.78 is 0. The Morgan fingerprint density at radius 3 is 2.94 bits per heavy atom. The molecular formula is C11H17N5. The maximum atomic E-state index is 8.55. The second-order valence-electron chi connectivity index (χ2n) is 3.56. The first-order valence-electron chi connectivity index (χ1n) is 5.34. The van der Waals surface area contributed by atoms with Gasteiger partial charge in [0.25, 0.3) is 0 Å². The molecule has 16 heavy (non-hydrogen) atoms. The highest BCUT2D eigenvalue weighted by Gasteiger charge is 2.07. The molecular weight excluding hydrogens is 202 g/mol. The van der Waals surface area contributed by atoms with Crippen molar-refractivity contribution in [2.75, 3.05) is 30.4 Å². The van der Waals surface area contributed by atoms with Gasteiger partial charge in [0.1, 0.15) is 5.82 Å². The van der Waals surface area contributed by atoms with E-state index in [4.69, 9.17) is 5.26 Å². The summed E-state index contributed by atoms with van der Waals surface area (Å²) in [7, 11) is 1.93. The van der Waals surface area contributed by atoms with Crippen LogP contribution in [0.1, 0.15) is 18.9 Å².